The third-order valence-electron chi connectivity index (χ3n) is 5.77. The number of hydrogen-bond acceptors (Lipinski definition) is 5. The lowest BCUT2D eigenvalue weighted by Gasteiger charge is -2.43. The molecule has 140 valence electrons. The predicted molar refractivity (Wildman–Crippen MR) is 103 cm³/mol. The Morgan fingerprint density at radius 2 is 1.92 bits per heavy atom. The molecular formula is C20H34N4O. The zero-order valence-electron chi connectivity index (χ0n) is 16.1. The fourth-order valence-electron chi connectivity index (χ4n) is 4.10. The van der Waals surface area contributed by atoms with E-state index in [4.69, 9.17) is 4.74 Å². The van der Waals surface area contributed by atoms with Crippen molar-refractivity contribution in [3.05, 3.63) is 29.8 Å². The Morgan fingerprint density at radius 3 is 2.60 bits per heavy atom. The Labute approximate surface area is 152 Å². The molecule has 0 saturated carbocycles. The van der Waals surface area contributed by atoms with Crippen LogP contribution in [0, 0.1) is 0 Å². The highest BCUT2D eigenvalue weighted by Crippen LogP contribution is 2.28. The second-order valence-electron chi connectivity index (χ2n) is 7.32. The molecule has 0 amide bonds. The minimum absolute atomic E-state index is 0.431. The van der Waals surface area contributed by atoms with Crippen LogP contribution in [0.5, 0.6) is 5.75 Å². The average molecular weight is 347 g/mol. The summed E-state index contributed by atoms with van der Waals surface area (Å²) in [5.74, 6) is 0.959. The summed E-state index contributed by atoms with van der Waals surface area (Å²) < 4.78 is 5.49. The van der Waals surface area contributed by atoms with E-state index in [1.807, 2.05) is 6.07 Å². The number of benzene rings is 1. The van der Waals surface area contributed by atoms with Crippen LogP contribution in [0.2, 0.25) is 0 Å². The van der Waals surface area contributed by atoms with Gasteiger partial charge in [-0.15, -0.1) is 0 Å². The van der Waals surface area contributed by atoms with Crippen molar-refractivity contribution >= 4 is 0 Å². The first-order valence-corrected chi connectivity index (χ1v) is 9.76. The molecule has 0 aromatic heterocycles. The van der Waals surface area contributed by atoms with Crippen molar-refractivity contribution in [1.82, 2.24) is 20.0 Å². The molecule has 2 atom stereocenters. The SMILES string of the molecule is CCN1CCN(CC(c2cccc(OC)c2)N2CCNCC2C)CC1. The van der Waals surface area contributed by atoms with Gasteiger partial charge in [-0.25, -0.2) is 0 Å². The first-order chi connectivity index (χ1) is 12.2. The molecule has 0 aliphatic carbocycles. The quantitative estimate of drug-likeness (QED) is 0.847. The Kier molecular flexibility index (Phi) is 6.70. The molecular weight excluding hydrogens is 312 g/mol. The van der Waals surface area contributed by atoms with Gasteiger partial charge in [0, 0.05) is 64.4 Å². The van der Waals surface area contributed by atoms with Crippen molar-refractivity contribution in [2.75, 3.05) is 66.0 Å². The number of methoxy groups -OCH3 is 1. The van der Waals surface area contributed by atoms with Crippen molar-refractivity contribution in [3.8, 4) is 5.75 Å². The molecule has 0 bridgehead atoms. The maximum atomic E-state index is 5.49. The van der Waals surface area contributed by atoms with Gasteiger partial charge < -0.3 is 15.0 Å². The molecule has 1 aromatic rings. The summed E-state index contributed by atoms with van der Waals surface area (Å²) >= 11 is 0. The maximum absolute atomic E-state index is 5.49. The van der Waals surface area contributed by atoms with Gasteiger partial charge in [0.2, 0.25) is 0 Å². The molecule has 0 radical (unpaired) electrons. The van der Waals surface area contributed by atoms with Crippen LogP contribution in [-0.2, 0) is 0 Å². The molecule has 3 rings (SSSR count). The van der Waals surface area contributed by atoms with Crippen LogP contribution in [0.15, 0.2) is 24.3 Å². The Balaban J connectivity index is 1.76. The van der Waals surface area contributed by atoms with Gasteiger partial charge in [-0.2, -0.15) is 0 Å². The fraction of sp³-hybridized carbons (Fsp3) is 0.700. The summed E-state index contributed by atoms with van der Waals surface area (Å²) in [6.07, 6.45) is 0. The summed E-state index contributed by atoms with van der Waals surface area (Å²) in [6, 6.07) is 9.65. The third kappa shape index (κ3) is 4.73. The van der Waals surface area contributed by atoms with Gasteiger partial charge in [0.1, 0.15) is 5.75 Å². The van der Waals surface area contributed by atoms with Crippen LogP contribution < -0.4 is 10.1 Å². The van der Waals surface area contributed by atoms with Gasteiger partial charge in [-0.1, -0.05) is 19.1 Å². The number of nitrogens with zero attached hydrogens (tertiary/aromatic N) is 3. The van der Waals surface area contributed by atoms with Crippen LogP contribution in [0.25, 0.3) is 0 Å². The molecule has 2 saturated heterocycles. The monoisotopic (exact) mass is 346 g/mol. The molecule has 1 N–H and O–H groups in total. The van der Waals surface area contributed by atoms with Crippen LogP contribution in [0.4, 0.5) is 0 Å². The minimum Gasteiger partial charge on any atom is -0.497 e. The predicted octanol–water partition coefficient (Wildman–Crippen LogP) is 1.67. The maximum Gasteiger partial charge on any atom is 0.119 e. The normalized spacial score (nSPS) is 25.0. The van der Waals surface area contributed by atoms with Crippen LogP contribution in [0.3, 0.4) is 0 Å². The fourth-order valence-corrected chi connectivity index (χ4v) is 4.10. The van der Waals surface area contributed by atoms with Crippen molar-refractivity contribution in [2.24, 2.45) is 0 Å². The smallest absolute Gasteiger partial charge is 0.119 e. The summed E-state index contributed by atoms with van der Waals surface area (Å²) in [5, 5.41) is 3.52. The largest absolute Gasteiger partial charge is 0.497 e. The van der Waals surface area contributed by atoms with Gasteiger partial charge >= 0.3 is 0 Å². The zero-order valence-corrected chi connectivity index (χ0v) is 16.1. The molecule has 0 spiro atoms. The Morgan fingerprint density at radius 1 is 1.16 bits per heavy atom. The molecule has 5 nitrogen and oxygen atoms in total. The van der Waals surface area contributed by atoms with Crippen molar-refractivity contribution in [2.45, 2.75) is 25.9 Å². The Hall–Kier alpha value is -1.14. The lowest BCUT2D eigenvalue weighted by Crippen LogP contribution is -2.54. The molecule has 2 aliphatic rings. The van der Waals surface area contributed by atoms with E-state index in [-0.39, 0.29) is 0 Å². The van der Waals surface area contributed by atoms with E-state index in [0.717, 1.165) is 31.9 Å². The molecule has 25 heavy (non-hydrogen) atoms. The van der Waals surface area contributed by atoms with E-state index in [1.165, 1.54) is 38.3 Å². The van der Waals surface area contributed by atoms with Gasteiger partial charge in [-0.3, -0.25) is 9.80 Å². The zero-order chi connectivity index (χ0) is 17.6. The van der Waals surface area contributed by atoms with E-state index in [1.54, 1.807) is 7.11 Å². The lowest BCUT2D eigenvalue weighted by molar-refractivity contribution is 0.0623. The Bertz CT molecular complexity index is 530. The van der Waals surface area contributed by atoms with Crippen LogP contribution in [-0.4, -0.2) is 86.8 Å². The summed E-state index contributed by atoms with van der Waals surface area (Å²) in [5.41, 5.74) is 1.38. The van der Waals surface area contributed by atoms with Gasteiger partial charge in [0.25, 0.3) is 0 Å². The number of rotatable bonds is 6. The number of hydrogen-bond donors (Lipinski definition) is 1. The minimum atomic E-state index is 0.431. The van der Waals surface area contributed by atoms with Crippen LogP contribution >= 0.6 is 0 Å². The van der Waals surface area contributed by atoms with E-state index < -0.39 is 0 Å². The first-order valence-electron chi connectivity index (χ1n) is 9.76. The number of ether oxygens (including phenoxy) is 1. The van der Waals surface area contributed by atoms with Crippen LogP contribution in [0.1, 0.15) is 25.5 Å². The molecule has 2 heterocycles. The highest BCUT2D eigenvalue weighted by atomic mass is 16.5. The standard InChI is InChI=1S/C20H34N4O/c1-4-22-10-12-23(13-11-22)16-20(24-9-8-21-15-17(24)2)18-6-5-7-19(14-18)25-3/h5-7,14,17,20-21H,4,8-13,15-16H2,1-3H3. The van der Waals surface area contributed by atoms with E-state index >= 15 is 0 Å². The topological polar surface area (TPSA) is 31.0 Å². The number of nitrogens with one attached hydrogen (secondary N) is 1. The summed E-state index contributed by atoms with van der Waals surface area (Å²) in [6.45, 7) is 14.9. The van der Waals surface area contributed by atoms with E-state index in [2.05, 4.69) is 52.1 Å². The van der Waals surface area contributed by atoms with Gasteiger partial charge in [-0.05, 0) is 31.2 Å². The van der Waals surface area contributed by atoms with Crippen molar-refractivity contribution in [1.29, 1.82) is 0 Å². The number of likely N-dealkylation sites (N-methyl/N-ethyl adjacent to an activating group) is 1. The molecule has 5 heteroatoms. The first kappa shape index (κ1) is 18.6. The van der Waals surface area contributed by atoms with E-state index in [9.17, 15) is 0 Å². The summed E-state index contributed by atoms with van der Waals surface area (Å²) in [7, 11) is 1.76. The molecule has 1 aromatic carbocycles. The second-order valence-corrected chi connectivity index (χ2v) is 7.32. The third-order valence-corrected chi connectivity index (χ3v) is 5.77. The molecule has 2 aliphatic heterocycles. The van der Waals surface area contributed by atoms with Gasteiger partial charge in [0.15, 0.2) is 0 Å². The van der Waals surface area contributed by atoms with Gasteiger partial charge in [0.05, 0.1) is 7.11 Å². The summed E-state index contributed by atoms with van der Waals surface area (Å²) in [4.78, 5) is 7.87. The number of piperazine rings is 2. The van der Waals surface area contributed by atoms with Crippen molar-refractivity contribution < 1.29 is 4.74 Å². The van der Waals surface area contributed by atoms with Crippen molar-refractivity contribution in [3.63, 3.8) is 0 Å². The molecule has 2 unspecified atom stereocenters. The highest BCUT2D eigenvalue weighted by molar-refractivity contribution is 5.31. The highest BCUT2D eigenvalue weighted by Gasteiger charge is 2.29. The lowest BCUT2D eigenvalue weighted by atomic mass is 10.0. The average Bonchev–Trinajstić information content (AvgIpc) is 2.67. The van der Waals surface area contributed by atoms with E-state index in [0.29, 0.717) is 12.1 Å². The second kappa shape index (κ2) is 8.99. The molecule has 2 fully saturated rings.